The molecule has 0 bridgehead atoms. The number of rotatable bonds is 5. The summed E-state index contributed by atoms with van der Waals surface area (Å²) in [4.78, 5) is 10.8. The molecule has 0 N–H and O–H groups in total. The van der Waals surface area contributed by atoms with Gasteiger partial charge in [-0.25, -0.2) is 13.2 Å². The van der Waals surface area contributed by atoms with Crippen LogP contribution in [0.5, 0.6) is 5.75 Å². The predicted molar refractivity (Wildman–Crippen MR) is 66.6 cm³/mol. The van der Waals surface area contributed by atoms with Crippen LogP contribution in [0.4, 0.5) is 0 Å². The van der Waals surface area contributed by atoms with Crippen molar-refractivity contribution in [2.24, 2.45) is 0 Å². The summed E-state index contributed by atoms with van der Waals surface area (Å²) in [5.74, 6) is -0.529. The van der Waals surface area contributed by atoms with Gasteiger partial charge >= 0.3 is 5.97 Å². The quantitative estimate of drug-likeness (QED) is 0.616. The largest absolute Gasteiger partial charge is 0.480 e. The number of esters is 1. The van der Waals surface area contributed by atoms with E-state index in [0.29, 0.717) is 0 Å². The van der Waals surface area contributed by atoms with Gasteiger partial charge in [0.1, 0.15) is 15.7 Å². The number of carbonyl (C=O) groups is 1. The highest BCUT2D eigenvalue weighted by atomic mass is 35.7. The molecule has 0 saturated carbocycles. The maximum atomic E-state index is 11.2. The molecule has 1 aromatic rings. The van der Waals surface area contributed by atoms with Gasteiger partial charge in [0.25, 0.3) is 9.05 Å². The molecule has 8 heteroatoms. The SMILES string of the molecule is CCOC(=O)COc1cccc(S(=O)(=O)Cl)c1Cl. The zero-order chi connectivity index (χ0) is 13.8. The molecule has 18 heavy (non-hydrogen) atoms. The smallest absolute Gasteiger partial charge is 0.344 e. The Morgan fingerprint density at radius 3 is 2.61 bits per heavy atom. The van der Waals surface area contributed by atoms with Gasteiger partial charge in [-0.15, -0.1) is 0 Å². The molecule has 0 amide bonds. The molecule has 0 fully saturated rings. The van der Waals surface area contributed by atoms with Gasteiger partial charge in [0, 0.05) is 10.7 Å². The monoisotopic (exact) mass is 312 g/mol. The first kappa shape index (κ1) is 15.1. The molecule has 0 atom stereocenters. The van der Waals surface area contributed by atoms with Crippen LogP contribution >= 0.6 is 22.3 Å². The van der Waals surface area contributed by atoms with Crippen molar-refractivity contribution in [1.29, 1.82) is 0 Å². The van der Waals surface area contributed by atoms with Crippen LogP contribution in [0.15, 0.2) is 23.1 Å². The first-order valence-electron chi connectivity index (χ1n) is 4.88. The minimum atomic E-state index is -3.96. The van der Waals surface area contributed by atoms with E-state index in [9.17, 15) is 13.2 Å². The summed E-state index contributed by atoms with van der Waals surface area (Å²) in [6.45, 7) is 1.52. The van der Waals surface area contributed by atoms with E-state index >= 15 is 0 Å². The Morgan fingerprint density at radius 2 is 2.06 bits per heavy atom. The molecule has 0 spiro atoms. The van der Waals surface area contributed by atoms with Crippen molar-refractivity contribution in [2.45, 2.75) is 11.8 Å². The predicted octanol–water partition coefficient (Wildman–Crippen LogP) is 2.21. The number of carbonyl (C=O) groups excluding carboxylic acids is 1. The molecule has 5 nitrogen and oxygen atoms in total. The summed E-state index contributed by atoms with van der Waals surface area (Å²) in [6, 6.07) is 4.07. The molecule has 0 aliphatic heterocycles. The third-order valence-corrected chi connectivity index (χ3v) is 3.71. The second-order valence-electron chi connectivity index (χ2n) is 3.10. The number of ether oxygens (including phenoxy) is 2. The summed E-state index contributed by atoms with van der Waals surface area (Å²) in [6.07, 6.45) is 0. The van der Waals surface area contributed by atoms with Crippen LogP contribution in [0.1, 0.15) is 6.92 Å². The van der Waals surface area contributed by atoms with Gasteiger partial charge in [0.2, 0.25) is 0 Å². The lowest BCUT2D eigenvalue weighted by Gasteiger charge is -2.09. The van der Waals surface area contributed by atoms with Gasteiger partial charge in [0.05, 0.1) is 6.61 Å². The van der Waals surface area contributed by atoms with Crippen molar-refractivity contribution >= 4 is 37.3 Å². The van der Waals surface area contributed by atoms with E-state index in [4.69, 9.17) is 27.0 Å². The molecule has 0 aromatic heterocycles. The van der Waals surface area contributed by atoms with E-state index in [2.05, 4.69) is 4.74 Å². The Morgan fingerprint density at radius 1 is 1.39 bits per heavy atom. The Labute approximate surface area is 114 Å². The minimum absolute atomic E-state index is 0.0476. The maximum absolute atomic E-state index is 11.2. The summed E-state index contributed by atoms with van der Waals surface area (Å²) in [5.41, 5.74) is 0. The summed E-state index contributed by atoms with van der Waals surface area (Å²) in [7, 11) is 1.23. The molecule has 0 radical (unpaired) electrons. The molecule has 0 aliphatic rings. The van der Waals surface area contributed by atoms with Crippen molar-refractivity contribution in [2.75, 3.05) is 13.2 Å². The zero-order valence-electron chi connectivity index (χ0n) is 9.35. The lowest BCUT2D eigenvalue weighted by atomic mass is 10.3. The Kier molecular flexibility index (Phi) is 5.25. The lowest BCUT2D eigenvalue weighted by Crippen LogP contribution is -2.14. The number of halogens is 2. The van der Waals surface area contributed by atoms with Crippen LogP contribution in [0.2, 0.25) is 5.02 Å². The Bertz CT molecular complexity index is 541. The highest BCUT2D eigenvalue weighted by Crippen LogP contribution is 2.32. The standard InChI is InChI=1S/C10H10Cl2O5S/c1-2-16-9(13)6-17-7-4-3-5-8(10(7)11)18(12,14)15/h3-5H,2,6H2,1H3. The molecular weight excluding hydrogens is 303 g/mol. The lowest BCUT2D eigenvalue weighted by molar-refractivity contribution is -0.145. The fourth-order valence-electron chi connectivity index (χ4n) is 1.13. The average Bonchev–Trinajstić information content (AvgIpc) is 2.26. The van der Waals surface area contributed by atoms with Gasteiger partial charge in [-0.1, -0.05) is 17.7 Å². The van der Waals surface area contributed by atoms with Gasteiger partial charge in [-0.2, -0.15) is 0 Å². The highest BCUT2D eigenvalue weighted by Gasteiger charge is 2.18. The fraction of sp³-hybridized carbons (Fsp3) is 0.300. The summed E-state index contributed by atoms with van der Waals surface area (Å²) in [5, 5.41) is -0.170. The molecule has 0 aliphatic carbocycles. The van der Waals surface area contributed by atoms with E-state index in [1.807, 2.05) is 0 Å². The molecule has 0 saturated heterocycles. The van der Waals surface area contributed by atoms with Crippen LogP contribution in [-0.2, 0) is 18.6 Å². The van der Waals surface area contributed by atoms with Crippen LogP contribution in [0.3, 0.4) is 0 Å². The first-order valence-corrected chi connectivity index (χ1v) is 7.56. The fourth-order valence-corrected chi connectivity index (χ4v) is 2.68. The molecule has 1 rings (SSSR count). The van der Waals surface area contributed by atoms with Gasteiger partial charge in [-0.3, -0.25) is 0 Å². The van der Waals surface area contributed by atoms with E-state index in [0.717, 1.165) is 0 Å². The number of hydrogen-bond donors (Lipinski definition) is 0. The van der Waals surface area contributed by atoms with E-state index in [1.54, 1.807) is 6.92 Å². The van der Waals surface area contributed by atoms with Gasteiger partial charge in [0.15, 0.2) is 6.61 Å². The maximum Gasteiger partial charge on any atom is 0.344 e. The highest BCUT2D eigenvalue weighted by molar-refractivity contribution is 8.13. The first-order chi connectivity index (χ1) is 8.36. The van der Waals surface area contributed by atoms with Crippen molar-refractivity contribution in [3.63, 3.8) is 0 Å². The van der Waals surface area contributed by atoms with E-state index in [1.165, 1.54) is 18.2 Å². The average molecular weight is 313 g/mol. The second-order valence-corrected chi connectivity index (χ2v) is 6.01. The molecule has 1 aromatic carbocycles. The molecular formula is C10H10Cl2O5S. The Hall–Kier alpha value is -0.980. The third kappa shape index (κ3) is 4.04. The minimum Gasteiger partial charge on any atom is -0.480 e. The molecule has 0 unspecified atom stereocenters. The van der Waals surface area contributed by atoms with Crippen LogP contribution in [0.25, 0.3) is 0 Å². The topological polar surface area (TPSA) is 69.7 Å². The van der Waals surface area contributed by atoms with Crippen LogP contribution in [-0.4, -0.2) is 27.6 Å². The van der Waals surface area contributed by atoms with Crippen molar-refractivity contribution in [3.8, 4) is 5.75 Å². The van der Waals surface area contributed by atoms with E-state index < -0.39 is 15.0 Å². The van der Waals surface area contributed by atoms with Crippen LogP contribution < -0.4 is 4.74 Å². The molecule has 100 valence electrons. The van der Waals surface area contributed by atoms with E-state index in [-0.39, 0.29) is 28.9 Å². The van der Waals surface area contributed by atoms with Crippen molar-refractivity contribution in [1.82, 2.24) is 0 Å². The number of benzene rings is 1. The summed E-state index contributed by atoms with van der Waals surface area (Å²) < 4.78 is 32.1. The van der Waals surface area contributed by atoms with Gasteiger partial charge < -0.3 is 9.47 Å². The second kappa shape index (κ2) is 6.26. The van der Waals surface area contributed by atoms with Gasteiger partial charge in [-0.05, 0) is 19.1 Å². The summed E-state index contributed by atoms with van der Waals surface area (Å²) >= 11 is 5.81. The molecule has 0 heterocycles. The van der Waals surface area contributed by atoms with Crippen LogP contribution in [0, 0.1) is 0 Å². The third-order valence-electron chi connectivity index (χ3n) is 1.84. The Balaban J connectivity index is 2.89. The van der Waals surface area contributed by atoms with Crippen molar-refractivity contribution < 1.29 is 22.7 Å². The number of hydrogen-bond acceptors (Lipinski definition) is 5. The normalized spacial score (nSPS) is 11.1. The van der Waals surface area contributed by atoms with Crippen molar-refractivity contribution in [3.05, 3.63) is 23.2 Å². The zero-order valence-corrected chi connectivity index (χ0v) is 11.7.